The molecule has 2 rings (SSSR count). The van der Waals surface area contributed by atoms with Gasteiger partial charge in [-0.05, 0) is 38.0 Å². The van der Waals surface area contributed by atoms with E-state index in [9.17, 15) is 4.79 Å². The van der Waals surface area contributed by atoms with E-state index in [1.807, 2.05) is 0 Å². The molecule has 1 unspecified atom stereocenters. The van der Waals surface area contributed by atoms with Crippen LogP contribution < -0.4 is 0 Å². The van der Waals surface area contributed by atoms with Crippen LogP contribution in [-0.4, -0.2) is 5.78 Å². The second kappa shape index (κ2) is 2.97. The Morgan fingerprint density at radius 1 is 1.23 bits per heavy atom. The van der Waals surface area contributed by atoms with E-state index in [0.717, 1.165) is 19.3 Å². The van der Waals surface area contributed by atoms with Crippen LogP contribution in [-0.2, 0) is 4.79 Å². The third kappa shape index (κ3) is 1.45. The summed E-state index contributed by atoms with van der Waals surface area (Å²) in [6.45, 7) is 4.53. The Balaban J connectivity index is 2.34. The van der Waals surface area contributed by atoms with Gasteiger partial charge in [0, 0.05) is 12.8 Å². The van der Waals surface area contributed by atoms with E-state index in [2.05, 4.69) is 13.8 Å². The smallest absolute Gasteiger partial charge is 0.134 e. The van der Waals surface area contributed by atoms with Crippen molar-refractivity contribution in [1.29, 1.82) is 0 Å². The van der Waals surface area contributed by atoms with E-state index in [0.29, 0.717) is 5.78 Å². The molecule has 1 saturated carbocycles. The standard InChI is InChI=1S/C12H18O/c1-9-4-3-7-12(2)8-10(13)5-6-11(9)12/h3-8H2,1-2H3. The van der Waals surface area contributed by atoms with Crippen LogP contribution in [0.5, 0.6) is 0 Å². The molecule has 0 amide bonds. The van der Waals surface area contributed by atoms with Crippen LogP contribution in [0, 0.1) is 5.41 Å². The lowest BCUT2D eigenvalue weighted by Gasteiger charge is -2.40. The van der Waals surface area contributed by atoms with E-state index in [1.54, 1.807) is 11.1 Å². The molecule has 0 aliphatic heterocycles. The zero-order valence-corrected chi connectivity index (χ0v) is 8.65. The van der Waals surface area contributed by atoms with Crippen LogP contribution in [0.2, 0.25) is 0 Å². The minimum Gasteiger partial charge on any atom is -0.300 e. The summed E-state index contributed by atoms with van der Waals surface area (Å²) in [5.41, 5.74) is 3.43. The molecule has 0 heterocycles. The molecule has 2 aliphatic rings. The highest BCUT2D eigenvalue weighted by Gasteiger charge is 2.37. The fourth-order valence-electron chi connectivity index (χ4n) is 3.06. The van der Waals surface area contributed by atoms with Crippen molar-refractivity contribution in [2.45, 2.75) is 52.4 Å². The largest absolute Gasteiger partial charge is 0.300 e. The van der Waals surface area contributed by atoms with Crippen LogP contribution in [0.3, 0.4) is 0 Å². The first-order valence-corrected chi connectivity index (χ1v) is 5.33. The molecule has 1 nitrogen and oxygen atoms in total. The van der Waals surface area contributed by atoms with Crippen LogP contribution in [0.4, 0.5) is 0 Å². The molecule has 0 bridgehead atoms. The van der Waals surface area contributed by atoms with Gasteiger partial charge >= 0.3 is 0 Å². The second-order valence-corrected chi connectivity index (χ2v) is 4.89. The van der Waals surface area contributed by atoms with Crippen LogP contribution in [0.25, 0.3) is 0 Å². The van der Waals surface area contributed by atoms with Gasteiger partial charge in [-0.2, -0.15) is 0 Å². The number of Topliss-reactive ketones (excluding diaryl/α,β-unsaturated/α-hetero) is 1. The van der Waals surface area contributed by atoms with Crippen molar-refractivity contribution in [3.05, 3.63) is 11.1 Å². The molecule has 0 aromatic rings. The zero-order valence-electron chi connectivity index (χ0n) is 8.65. The SMILES string of the molecule is CC1=C2CCC(=O)CC2(C)CCC1. The third-order valence-corrected chi connectivity index (χ3v) is 3.77. The average Bonchev–Trinajstić information content (AvgIpc) is 2.02. The maximum absolute atomic E-state index is 11.4. The Morgan fingerprint density at radius 3 is 2.77 bits per heavy atom. The molecule has 1 heteroatoms. The molecule has 2 aliphatic carbocycles. The van der Waals surface area contributed by atoms with Crippen molar-refractivity contribution >= 4 is 5.78 Å². The summed E-state index contributed by atoms with van der Waals surface area (Å²) in [4.78, 5) is 11.4. The Hall–Kier alpha value is -0.590. The molecule has 0 aromatic carbocycles. The first-order valence-electron chi connectivity index (χ1n) is 5.33. The van der Waals surface area contributed by atoms with Crippen LogP contribution in [0.15, 0.2) is 11.1 Å². The summed E-state index contributed by atoms with van der Waals surface area (Å²) >= 11 is 0. The van der Waals surface area contributed by atoms with Gasteiger partial charge in [0.15, 0.2) is 0 Å². The highest BCUT2D eigenvalue weighted by molar-refractivity contribution is 5.81. The normalized spacial score (nSPS) is 34.8. The van der Waals surface area contributed by atoms with E-state index in [-0.39, 0.29) is 5.41 Å². The van der Waals surface area contributed by atoms with Crippen LogP contribution >= 0.6 is 0 Å². The molecule has 0 saturated heterocycles. The summed E-state index contributed by atoms with van der Waals surface area (Å²) in [6.07, 6.45) is 6.41. The lowest BCUT2D eigenvalue weighted by atomic mass is 9.64. The Morgan fingerprint density at radius 2 is 2.00 bits per heavy atom. The van der Waals surface area contributed by atoms with Crippen molar-refractivity contribution in [1.82, 2.24) is 0 Å². The van der Waals surface area contributed by atoms with Crippen molar-refractivity contribution in [3.8, 4) is 0 Å². The number of ketones is 1. The summed E-state index contributed by atoms with van der Waals surface area (Å²) in [5, 5.41) is 0. The minimum absolute atomic E-state index is 0.248. The van der Waals surface area contributed by atoms with Gasteiger partial charge in [0.1, 0.15) is 5.78 Å². The molecule has 0 radical (unpaired) electrons. The zero-order chi connectivity index (χ0) is 9.47. The van der Waals surface area contributed by atoms with E-state index in [1.165, 1.54) is 19.3 Å². The number of carbonyl (C=O) groups is 1. The molecule has 13 heavy (non-hydrogen) atoms. The van der Waals surface area contributed by atoms with Gasteiger partial charge in [0.25, 0.3) is 0 Å². The Labute approximate surface area is 80.2 Å². The summed E-state index contributed by atoms with van der Waals surface area (Å²) < 4.78 is 0. The van der Waals surface area contributed by atoms with Gasteiger partial charge in [-0.3, -0.25) is 4.79 Å². The highest BCUT2D eigenvalue weighted by atomic mass is 16.1. The van der Waals surface area contributed by atoms with E-state index in [4.69, 9.17) is 0 Å². The van der Waals surface area contributed by atoms with Crippen LogP contribution in [0.1, 0.15) is 52.4 Å². The fourth-order valence-corrected chi connectivity index (χ4v) is 3.06. The number of carbonyl (C=O) groups excluding carboxylic acids is 1. The van der Waals surface area contributed by atoms with Gasteiger partial charge in [-0.25, -0.2) is 0 Å². The van der Waals surface area contributed by atoms with Crippen molar-refractivity contribution in [2.75, 3.05) is 0 Å². The fraction of sp³-hybridized carbons (Fsp3) is 0.750. The average molecular weight is 178 g/mol. The Kier molecular flexibility index (Phi) is 2.05. The number of hydrogen-bond donors (Lipinski definition) is 0. The van der Waals surface area contributed by atoms with Gasteiger partial charge in [-0.1, -0.05) is 18.1 Å². The molecular weight excluding hydrogens is 160 g/mol. The Bertz CT molecular complexity index is 275. The number of allylic oxidation sites excluding steroid dienone is 2. The van der Waals surface area contributed by atoms with Gasteiger partial charge in [-0.15, -0.1) is 0 Å². The second-order valence-electron chi connectivity index (χ2n) is 4.89. The lowest BCUT2D eigenvalue weighted by molar-refractivity contribution is -0.122. The van der Waals surface area contributed by atoms with E-state index < -0.39 is 0 Å². The van der Waals surface area contributed by atoms with E-state index >= 15 is 0 Å². The third-order valence-electron chi connectivity index (χ3n) is 3.77. The molecule has 0 spiro atoms. The van der Waals surface area contributed by atoms with Crippen molar-refractivity contribution < 1.29 is 4.79 Å². The summed E-state index contributed by atoms with van der Waals surface area (Å²) in [6, 6.07) is 0. The van der Waals surface area contributed by atoms with Crippen molar-refractivity contribution in [3.63, 3.8) is 0 Å². The van der Waals surface area contributed by atoms with Gasteiger partial charge in [0.2, 0.25) is 0 Å². The molecule has 0 aromatic heterocycles. The molecule has 1 atom stereocenters. The summed E-state index contributed by atoms with van der Waals surface area (Å²) in [7, 11) is 0. The van der Waals surface area contributed by atoms with Crippen molar-refractivity contribution in [2.24, 2.45) is 5.41 Å². The molecule has 72 valence electrons. The predicted molar refractivity (Wildman–Crippen MR) is 53.5 cm³/mol. The maximum atomic E-state index is 11.4. The maximum Gasteiger partial charge on any atom is 0.134 e. The van der Waals surface area contributed by atoms with Gasteiger partial charge in [0.05, 0.1) is 0 Å². The lowest BCUT2D eigenvalue weighted by Crippen LogP contribution is -2.31. The number of rotatable bonds is 0. The summed E-state index contributed by atoms with van der Waals surface area (Å²) in [5.74, 6) is 0.473. The molecule has 1 fully saturated rings. The monoisotopic (exact) mass is 178 g/mol. The molecule has 0 N–H and O–H groups in total. The quantitative estimate of drug-likeness (QED) is 0.520. The number of fused-ring (bicyclic) bond motifs is 1. The van der Waals surface area contributed by atoms with Gasteiger partial charge < -0.3 is 0 Å². The molecular formula is C12H18O. The first kappa shape index (κ1) is 8.98. The topological polar surface area (TPSA) is 17.1 Å². The number of hydrogen-bond acceptors (Lipinski definition) is 1. The first-order chi connectivity index (χ1) is 6.12. The highest BCUT2D eigenvalue weighted by Crippen LogP contribution is 2.48. The predicted octanol–water partition coefficient (Wildman–Crippen LogP) is 3.25. The minimum atomic E-state index is 0.248.